The number of amides is 2. The highest BCUT2D eigenvalue weighted by atomic mass is 35.5. The molecule has 1 unspecified atom stereocenters. The molecule has 0 bridgehead atoms. The third-order valence-electron chi connectivity index (χ3n) is 10.8. The van der Waals surface area contributed by atoms with Gasteiger partial charge in [0.2, 0.25) is 5.91 Å². The fourth-order valence-electron chi connectivity index (χ4n) is 7.61. The number of nitrogens with one attached hydrogen (secondary N) is 1. The number of halogens is 11. The van der Waals surface area contributed by atoms with Gasteiger partial charge in [-0.05, 0) is 73.7 Å². The SMILES string of the molecule is CSN(C(=O)CN)c1nn(CC(F)(F)F)c2c(-c3ccc(CCC(C)(C)SC)nc3C(Cc3cc(F)cc(F)c3)NC(=O)Cn3nc(C(F)(F)F)c4c3C(F)(F)[C@H](C)C4)ccc(Cl)c12. The second-order valence-corrected chi connectivity index (χ2v) is 18.5. The molecule has 0 saturated heterocycles. The van der Waals surface area contributed by atoms with Crippen molar-refractivity contribution in [1.82, 2.24) is 29.9 Å². The summed E-state index contributed by atoms with van der Waals surface area (Å²) in [5.74, 6) is -9.58. The first kappa shape index (κ1) is 48.9. The molecule has 64 heavy (non-hydrogen) atoms. The van der Waals surface area contributed by atoms with Crippen molar-refractivity contribution in [1.29, 1.82) is 0 Å². The molecule has 6 rings (SSSR count). The maximum Gasteiger partial charge on any atom is 0.435 e. The maximum absolute atomic E-state index is 15.5. The maximum atomic E-state index is 15.5. The van der Waals surface area contributed by atoms with E-state index in [1.54, 1.807) is 17.8 Å². The number of aryl methyl sites for hydroxylation is 1. The van der Waals surface area contributed by atoms with Crippen molar-refractivity contribution in [3.05, 3.63) is 93.0 Å². The molecule has 23 heteroatoms. The Morgan fingerprint density at radius 2 is 1.66 bits per heavy atom. The zero-order valence-electron chi connectivity index (χ0n) is 34.7. The Morgan fingerprint density at radius 1 is 1.00 bits per heavy atom. The fraction of sp³-hybridized carbons (Fsp3) is 0.439. The Labute approximate surface area is 373 Å². The van der Waals surface area contributed by atoms with Gasteiger partial charge in [-0.2, -0.15) is 57.1 Å². The van der Waals surface area contributed by atoms with Gasteiger partial charge in [-0.1, -0.05) is 44.5 Å². The highest BCUT2D eigenvalue weighted by molar-refractivity contribution is 8.00. The van der Waals surface area contributed by atoms with E-state index in [1.807, 2.05) is 20.1 Å². The number of hydrogen-bond acceptors (Lipinski definition) is 8. The Morgan fingerprint density at radius 3 is 2.25 bits per heavy atom. The molecule has 0 spiro atoms. The minimum atomic E-state index is -5.15. The lowest BCUT2D eigenvalue weighted by Gasteiger charge is -2.25. The standard InChI is InChI=1S/C41H41ClF10N8O2S2/c1-20-12-27-35(41(50,51)52)56-58(36(27)40(20,48)49)18-30(61)55-29(15-21-13-22(43)16-23(44)14-21)33-25(7-6-24(54-33)10-11-38(2,3)63-4)26-8-9-28(42)32-34(26)59(19-39(45,46)47)57-37(32)60(64-5)31(62)17-53/h6-9,13-14,16,20,29H,10-12,15,17-19,53H2,1-5H3,(H,55,61)/t20-,29?/m1/s1. The Balaban J connectivity index is 1.59. The van der Waals surface area contributed by atoms with Gasteiger partial charge in [-0.15, -0.1) is 0 Å². The molecule has 10 nitrogen and oxygen atoms in total. The van der Waals surface area contributed by atoms with Gasteiger partial charge in [0.15, 0.2) is 11.5 Å². The average molecular weight is 967 g/mol. The number of carbonyl (C=O) groups excluding carboxylic acids is 2. The molecule has 3 heterocycles. The van der Waals surface area contributed by atoms with E-state index in [2.05, 4.69) is 15.5 Å². The van der Waals surface area contributed by atoms with Crippen LogP contribution in [0.2, 0.25) is 5.02 Å². The van der Waals surface area contributed by atoms with Crippen molar-refractivity contribution >= 4 is 63.8 Å². The molecule has 3 N–H and O–H groups in total. The minimum absolute atomic E-state index is 0.0137. The number of anilines is 1. The third-order valence-corrected chi connectivity index (χ3v) is 13.2. The molecule has 0 saturated carbocycles. The Hall–Kier alpha value is -4.54. The topological polar surface area (TPSA) is 124 Å². The van der Waals surface area contributed by atoms with Crippen LogP contribution in [0.15, 0.2) is 42.5 Å². The van der Waals surface area contributed by atoms with Gasteiger partial charge < -0.3 is 11.1 Å². The van der Waals surface area contributed by atoms with Crippen LogP contribution in [0.5, 0.6) is 0 Å². The van der Waals surface area contributed by atoms with Crippen LogP contribution in [0.25, 0.3) is 22.0 Å². The number of nitrogens with two attached hydrogens (primary N) is 1. The lowest BCUT2D eigenvalue weighted by molar-refractivity contribution is -0.143. The second-order valence-electron chi connectivity index (χ2n) is 15.9. The Kier molecular flexibility index (Phi) is 14.0. The number of alkyl halides is 8. The van der Waals surface area contributed by atoms with Gasteiger partial charge in [0, 0.05) is 45.4 Å². The molecule has 2 aromatic carbocycles. The quantitative estimate of drug-likeness (QED) is 0.0786. The van der Waals surface area contributed by atoms with Gasteiger partial charge >= 0.3 is 12.4 Å². The lowest BCUT2D eigenvalue weighted by atomic mass is 9.93. The van der Waals surface area contributed by atoms with E-state index in [0.717, 1.165) is 35.3 Å². The summed E-state index contributed by atoms with van der Waals surface area (Å²) in [5.41, 5.74) is 2.22. The molecule has 1 aliphatic carbocycles. The van der Waals surface area contributed by atoms with Crippen molar-refractivity contribution in [3.8, 4) is 11.1 Å². The van der Waals surface area contributed by atoms with Crippen LogP contribution in [0.3, 0.4) is 0 Å². The van der Waals surface area contributed by atoms with E-state index >= 15 is 8.78 Å². The summed E-state index contributed by atoms with van der Waals surface area (Å²) in [4.78, 5) is 31.9. The molecule has 346 valence electrons. The van der Waals surface area contributed by atoms with Gasteiger partial charge in [-0.3, -0.25) is 23.9 Å². The zero-order valence-corrected chi connectivity index (χ0v) is 37.1. The first-order valence-electron chi connectivity index (χ1n) is 19.5. The summed E-state index contributed by atoms with van der Waals surface area (Å²) >= 11 is 9.03. The number of fused-ring (bicyclic) bond motifs is 2. The van der Waals surface area contributed by atoms with Crippen molar-refractivity contribution in [2.45, 2.75) is 88.6 Å². The fourth-order valence-corrected chi connectivity index (χ4v) is 8.73. The number of pyridine rings is 1. The summed E-state index contributed by atoms with van der Waals surface area (Å²) in [6, 6.07) is 6.75. The summed E-state index contributed by atoms with van der Waals surface area (Å²) < 4.78 is 147. The first-order valence-corrected chi connectivity index (χ1v) is 22.2. The summed E-state index contributed by atoms with van der Waals surface area (Å²) in [6.07, 6.45) is -6.96. The van der Waals surface area contributed by atoms with E-state index in [9.17, 15) is 44.7 Å². The van der Waals surface area contributed by atoms with E-state index in [1.165, 1.54) is 24.5 Å². The molecule has 0 radical (unpaired) electrons. The number of hydrogen-bond donors (Lipinski definition) is 2. The number of benzene rings is 2. The molecule has 1 aliphatic rings. The highest BCUT2D eigenvalue weighted by Crippen LogP contribution is 2.50. The van der Waals surface area contributed by atoms with Crippen LogP contribution in [0, 0.1) is 17.6 Å². The second kappa shape index (κ2) is 18.4. The van der Waals surface area contributed by atoms with E-state index in [4.69, 9.17) is 22.3 Å². The Bertz CT molecular complexity index is 2560. The number of nitrogens with zero attached hydrogens (tertiary/aromatic N) is 6. The monoisotopic (exact) mass is 966 g/mol. The normalized spacial score (nSPS) is 15.7. The van der Waals surface area contributed by atoms with Gasteiger partial charge in [0.05, 0.1) is 34.2 Å². The predicted octanol–water partition coefficient (Wildman–Crippen LogP) is 9.84. The van der Waals surface area contributed by atoms with Crippen molar-refractivity contribution in [3.63, 3.8) is 0 Å². The van der Waals surface area contributed by atoms with E-state index < -0.39 is 103 Å². The number of carbonyl (C=O) groups is 2. The van der Waals surface area contributed by atoms with E-state index in [-0.39, 0.29) is 53.6 Å². The first-order chi connectivity index (χ1) is 29.8. The zero-order chi connectivity index (χ0) is 47.3. The summed E-state index contributed by atoms with van der Waals surface area (Å²) in [6.45, 7) is 1.62. The molecule has 3 aromatic heterocycles. The van der Waals surface area contributed by atoms with Crippen molar-refractivity contribution < 1.29 is 53.5 Å². The number of thioether (sulfide) groups is 1. The van der Waals surface area contributed by atoms with Crippen LogP contribution in [-0.4, -0.2) is 66.3 Å². The van der Waals surface area contributed by atoms with Gasteiger partial charge in [-0.25, -0.2) is 13.1 Å². The van der Waals surface area contributed by atoms with Crippen LogP contribution < -0.4 is 15.4 Å². The van der Waals surface area contributed by atoms with Gasteiger partial charge in [0.1, 0.15) is 30.4 Å². The third kappa shape index (κ3) is 10.3. The minimum Gasteiger partial charge on any atom is -0.346 e. The molecular weight excluding hydrogens is 926 g/mol. The number of aromatic nitrogens is 5. The molecule has 0 aliphatic heterocycles. The van der Waals surface area contributed by atoms with E-state index in [0.29, 0.717) is 29.3 Å². The van der Waals surface area contributed by atoms with Crippen LogP contribution in [0.1, 0.15) is 67.1 Å². The van der Waals surface area contributed by atoms with Crippen LogP contribution >= 0.6 is 35.3 Å². The van der Waals surface area contributed by atoms with Crippen molar-refractivity contribution in [2.75, 3.05) is 23.4 Å². The molecule has 5 aromatic rings. The predicted molar refractivity (Wildman–Crippen MR) is 225 cm³/mol. The number of rotatable bonds is 15. The molecule has 0 fully saturated rings. The molecule has 2 amide bonds. The summed E-state index contributed by atoms with van der Waals surface area (Å²) in [7, 11) is 0. The summed E-state index contributed by atoms with van der Waals surface area (Å²) in [5, 5.41) is 9.96. The molecular formula is C41H41ClF10N8O2S2. The van der Waals surface area contributed by atoms with Crippen LogP contribution in [0.4, 0.5) is 49.7 Å². The average Bonchev–Trinajstić information content (AvgIpc) is 3.82. The molecule has 2 atom stereocenters. The smallest absolute Gasteiger partial charge is 0.346 e. The highest BCUT2D eigenvalue weighted by Gasteiger charge is 2.54. The van der Waals surface area contributed by atoms with Crippen LogP contribution in [-0.2, 0) is 54.0 Å². The lowest BCUT2D eigenvalue weighted by Crippen LogP contribution is -2.35. The van der Waals surface area contributed by atoms with Gasteiger partial charge in [0.25, 0.3) is 11.8 Å². The largest absolute Gasteiger partial charge is 0.435 e. The van der Waals surface area contributed by atoms with Crippen molar-refractivity contribution in [2.24, 2.45) is 11.7 Å².